The first-order valence-corrected chi connectivity index (χ1v) is 8.31. The summed E-state index contributed by atoms with van der Waals surface area (Å²) < 4.78 is 0. The highest BCUT2D eigenvalue weighted by Crippen LogP contribution is 2.11. The summed E-state index contributed by atoms with van der Waals surface area (Å²) in [5, 5.41) is 0. The second kappa shape index (κ2) is 10.4. The maximum Gasteiger partial charge on any atom is 0.253 e. The van der Waals surface area contributed by atoms with Gasteiger partial charge in [0, 0.05) is 25.2 Å². The highest BCUT2D eigenvalue weighted by molar-refractivity contribution is 5.94. The van der Waals surface area contributed by atoms with Crippen molar-refractivity contribution in [2.24, 2.45) is 5.73 Å². The average Bonchev–Trinajstić information content (AvgIpc) is 2.53. The van der Waals surface area contributed by atoms with Crippen molar-refractivity contribution in [3.63, 3.8) is 0 Å². The standard InChI is InChI=1S/C18H30N2O/c1-3-5-7-13-20(14-8-6-4-2)18(21)17-11-9-16(15-19)10-12-17/h9-12H,3-8,13-15,19H2,1-2H3. The first-order valence-electron chi connectivity index (χ1n) is 8.31. The van der Waals surface area contributed by atoms with Crippen molar-refractivity contribution in [3.05, 3.63) is 35.4 Å². The molecule has 1 aromatic carbocycles. The van der Waals surface area contributed by atoms with E-state index in [1.807, 2.05) is 29.2 Å². The molecule has 0 heterocycles. The zero-order chi connectivity index (χ0) is 15.5. The molecule has 0 aliphatic rings. The van der Waals surface area contributed by atoms with Crippen molar-refractivity contribution in [1.29, 1.82) is 0 Å². The fourth-order valence-electron chi connectivity index (χ4n) is 2.39. The Hall–Kier alpha value is -1.35. The van der Waals surface area contributed by atoms with Gasteiger partial charge < -0.3 is 10.6 Å². The van der Waals surface area contributed by atoms with E-state index >= 15 is 0 Å². The number of hydrogen-bond acceptors (Lipinski definition) is 2. The third-order valence-electron chi connectivity index (χ3n) is 3.79. The molecule has 0 aromatic heterocycles. The Morgan fingerprint density at radius 3 is 1.90 bits per heavy atom. The van der Waals surface area contributed by atoms with E-state index in [2.05, 4.69) is 13.8 Å². The van der Waals surface area contributed by atoms with Gasteiger partial charge in [-0.3, -0.25) is 4.79 Å². The van der Waals surface area contributed by atoms with Gasteiger partial charge in [-0.1, -0.05) is 51.7 Å². The van der Waals surface area contributed by atoms with Gasteiger partial charge in [0.25, 0.3) is 5.91 Å². The predicted molar refractivity (Wildman–Crippen MR) is 89.3 cm³/mol. The van der Waals surface area contributed by atoms with Gasteiger partial charge in [0.1, 0.15) is 0 Å². The van der Waals surface area contributed by atoms with Crippen molar-refractivity contribution >= 4 is 5.91 Å². The monoisotopic (exact) mass is 290 g/mol. The summed E-state index contributed by atoms with van der Waals surface area (Å²) in [5.41, 5.74) is 7.45. The van der Waals surface area contributed by atoms with Crippen LogP contribution in [0.15, 0.2) is 24.3 Å². The van der Waals surface area contributed by atoms with E-state index in [0.717, 1.165) is 37.1 Å². The van der Waals surface area contributed by atoms with Crippen LogP contribution in [0.25, 0.3) is 0 Å². The van der Waals surface area contributed by atoms with Gasteiger partial charge in [-0.15, -0.1) is 0 Å². The fourth-order valence-corrected chi connectivity index (χ4v) is 2.39. The van der Waals surface area contributed by atoms with Crippen LogP contribution in [0, 0.1) is 0 Å². The van der Waals surface area contributed by atoms with E-state index in [0.29, 0.717) is 6.54 Å². The lowest BCUT2D eigenvalue weighted by Gasteiger charge is -2.23. The van der Waals surface area contributed by atoms with Crippen LogP contribution in [0.3, 0.4) is 0 Å². The Balaban J connectivity index is 2.66. The third kappa shape index (κ3) is 6.30. The van der Waals surface area contributed by atoms with Gasteiger partial charge in [-0.05, 0) is 30.5 Å². The summed E-state index contributed by atoms with van der Waals surface area (Å²) in [6.45, 7) is 6.64. The zero-order valence-corrected chi connectivity index (χ0v) is 13.6. The minimum absolute atomic E-state index is 0.158. The fraction of sp³-hybridized carbons (Fsp3) is 0.611. The van der Waals surface area contributed by atoms with E-state index in [1.54, 1.807) is 0 Å². The number of benzene rings is 1. The van der Waals surface area contributed by atoms with E-state index in [1.165, 1.54) is 25.7 Å². The molecule has 1 amide bonds. The van der Waals surface area contributed by atoms with Crippen LogP contribution in [0.1, 0.15) is 68.3 Å². The van der Waals surface area contributed by atoms with E-state index < -0.39 is 0 Å². The molecule has 3 heteroatoms. The number of carbonyl (C=O) groups is 1. The molecule has 1 rings (SSSR count). The highest BCUT2D eigenvalue weighted by Gasteiger charge is 2.14. The summed E-state index contributed by atoms with van der Waals surface area (Å²) >= 11 is 0. The minimum Gasteiger partial charge on any atom is -0.339 e. The van der Waals surface area contributed by atoms with Gasteiger partial charge in [-0.25, -0.2) is 0 Å². The normalized spacial score (nSPS) is 10.6. The van der Waals surface area contributed by atoms with Gasteiger partial charge in [0.2, 0.25) is 0 Å². The lowest BCUT2D eigenvalue weighted by atomic mass is 10.1. The molecule has 0 saturated carbocycles. The van der Waals surface area contributed by atoms with Crippen LogP contribution in [-0.4, -0.2) is 23.9 Å². The summed E-state index contributed by atoms with van der Waals surface area (Å²) in [4.78, 5) is 14.6. The molecule has 118 valence electrons. The SMILES string of the molecule is CCCCCN(CCCCC)C(=O)c1ccc(CN)cc1. The topological polar surface area (TPSA) is 46.3 Å². The lowest BCUT2D eigenvalue weighted by molar-refractivity contribution is 0.0749. The quantitative estimate of drug-likeness (QED) is 0.663. The first-order chi connectivity index (χ1) is 10.2. The zero-order valence-electron chi connectivity index (χ0n) is 13.6. The molecule has 0 bridgehead atoms. The van der Waals surface area contributed by atoms with Gasteiger partial charge in [0.05, 0.1) is 0 Å². The molecule has 0 spiro atoms. The molecule has 3 nitrogen and oxygen atoms in total. The Morgan fingerprint density at radius 2 is 1.48 bits per heavy atom. The molecular formula is C18H30N2O. The number of nitrogens with zero attached hydrogens (tertiary/aromatic N) is 1. The molecule has 0 radical (unpaired) electrons. The Morgan fingerprint density at radius 1 is 0.952 bits per heavy atom. The number of unbranched alkanes of at least 4 members (excludes halogenated alkanes) is 4. The molecule has 1 aromatic rings. The van der Waals surface area contributed by atoms with Crippen molar-refractivity contribution in [2.75, 3.05) is 13.1 Å². The summed E-state index contributed by atoms with van der Waals surface area (Å²) in [6, 6.07) is 7.70. The summed E-state index contributed by atoms with van der Waals surface area (Å²) in [7, 11) is 0. The maximum atomic E-state index is 12.6. The molecule has 0 aliphatic carbocycles. The maximum absolute atomic E-state index is 12.6. The highest BCUT2D eigenvalue weighted by atomic mass is 16.2. The molecular weight excluding hydrogens is 260 g/mol. The van der Waals surface area contributed by atoms with Crippen LogP contribution in [-0.2, 0) is 6.54 Å². The number of amides is 1. The van der Waals surface area contributed by atoms with Gasteiger partial charge in [-0.2, -0.15) is 0 Å². The molecule has 0 aliphatic heterocycles. The average molecular weight is 290 g/mol. The largest absolute Gasteiger partial charge is 0.339 e. The summed E-state index contributed by atoms with van der Waals surface area (Å²) in [6.07, 6.45) is 6.92. The van der Waals surface area contributed by atoms with Gasteiger partial charge >= 0.3 is 0 Å². The van der Waals surface area contributed by atoms with E-state index in [4.69, 9.17) is 5.73 Å². The van der Waals surface area contributed by atoms with Crippen molar-refractivity contribution in [2.45, 2.75) is 58.9 Å². The lowest BCUT2D eigenvalue weighted by Crippen LogP contribution is -2.33. The Labute approximate surface area is 129 Å². The smallest absolute Gasteiger partial charge is 0.253 e. The van der Waals surface area contributed by atoms with Crippen LogP contribution in [0.2, 0.25) is 0 Å². The Kier molecular flexibility index (Phi) is 8.76. The molecule has 0 unspecified atom stereocenters. The van der Waals surface area contributed by atoms with Crippen molar-refractivity contribution in [1.82, 2.24) is 4.90 Å². The molecule has 2 N–H and O–H groups in total. The molecule has 0 fully saturated rings. The molecule has 0 saturated heterocycles. The van der Waals surface area contributed by atoms with Crippen LogP contribution >= 0.6 is 0 Å². The number of rotatable bonds is 10. The molecule has 21 heavy (non-hydrogen) atoms. The Bertz CT molecular complexity index is 390. The van der Waals surface area contributed by atoms with E-state index in [9.17, 15) is 4.79 Å². The number of carbonyl (C=O) groups excluding carboxylic acids is 1. The second-order valence-electron chi connectivity index (χ2n) is 5.61. The van der Waals surface area contributed by atoms with E-state index in [-0.39, 0.29) is 5.91 Å². The van der Waals surface area contributed by atoms with Crippen LogP contribution in [0.5, 0.6) is 0 Å². The first kappa shape index (κ1) is 17.7. The van der Waals surface area contributed by atoms with Gasteiger partial charge in [0.15, 0.2) is 0 Å². The number of nitrogens with two attached hydrogens (primary N) is 1. The van der Waals surface area contributed by atoms with Crippen LogP contribution in [0.4, 0.5) is 0 Å². The molecule has 0 atom stereocenters. The van der Waals surface area contributed by atoms with Crippen molar-refractivity contribution < 1.29 is 4.79 Å². The second-order valence-corrected chi connectivity index (χ2v) is 5.61. The number of hydrogen-bond donors (Lipinski definition) is 1. The summed E-state index contributed by atoms with van der Waals surface area (Å²) in [5.74, 6) is 0.158. The van der Waals surface area contributed by atoms with Crippen molar-refractivity contribution in [3.8, 4) is 0 Å². The van der Waals surface area contributed by atoms with Crippen LogP contribution < -0.4 is 5.73 Å². The minimum atomic E-state index is 0.158. The predicted octanol–water partition coefficient (Wildman–Crippen LogP) is 3.97. The third-order valence-corrected chi connectivity index (χ3v) is 3.79.